The molecule has 8 heteroatoms. The highest BCUT2D eigenvalue weighted by atomic mass is 35.5. The zero-order chi connectivity index (χ0) is 17.4. The van der Waals surface area contributed by atoms with Gasteiger partial charge in [0.15, 0.2) is 11.3 Å². The summed E-state index contributed by atoms with van der Waals surface area (Å²) in [5.74, 6) is 0.0307. The molecule has 2 fully saturated rings. The van der Waals surface area contributed by atoms with E-state index in [4.69, 9.17) is 16.9 Å². The van der Waals surface area contributed by atoms with Crippen molar-refractivity contribution < 1.29 is 4.79 Å². The van der Waals surface area contributed by atoms with Crippen LogP contribution in [0.2, 0.25) is 5.02 Å². The lowest BCUT2D eigenvalue weighted by atomic mass is 10.1. The monoisotopic (exact) mass is 373 g/mol. The molecule has 6 nitrogen and oxygen atoms in total. The number of hydrogen-bond acceptors (Lipinski definition) is 6. The van der Waals surface area contributed by atoms with Gasteiger partial charge in [0.2, 0.25) is 5.91 Å². The third kappa shape index (κ3) is 3.09. The van der Waals surface area contributed by atoms with Crippen LogP contribution in [0, 0.1) is 11.5 Å². The number of amides is 1. The summed E-state index contributed by atoms with van der Waals surface area (Å²) in [6.07, 6.45) is 2.15. The Hall–Kier alpha value is -2.14. The van der Waals surface area contributed by atoms with Crippen LogP contribution in [0.5, 0.6) is 0 Å². The maximum Gasteiger partial charge on any atom is 0.248 e. The fourth-order valence-corrected chi connectivity index (χ4v) is 4.25. The van der Waals surface area contributed by atoms with Crippen LogP contribution in [0.25, 0.3) is 11.3 Å². The van der Waals surface area contributed by atoms with Crippen molar-refractivity contribution in [1.29, 1.82) is 5.26 Å². The van der Waals surface area contributed by atoms with Crippen molar-refractivity contribution in [1.82, 2.24) is 14.8 Å². The molecule has 0 unspecified atom stereocenters. The largest absolute Gasteiger partial charge is 0.307 e. The van der Waals surface area contributed by atoms with Gasteiger partial charge < -0.3 is 4.90 Å². The number of carbonyl (C=O) groups is 1. The van der Waals surface area contributed by atoms with Gasteiger partial charge >= 0.3 is 0 Å². The number of benzene rings is 1. The molecular weight excluding hydrogens is 358 g/mol. The van der Waals surface area contributed by atoms with Crippen LogP contribution in [-0.2, 0) is 4.79 Å². The van der Waals surface area contributed by atoms with Crippen LogP contribution in [0.3, 0.4) is 0 Å². The minimum atomic E-state index is -0.259. The summed E-state index contributed by atoms with van der Waals surface area (Å²) in [5.41, 5.74) is 1.82. The summed E-state index contributed by atoms with van der Waals surface area (Å²) < 4.78 is 0. The summed E-state index contributed by atoms with van der Waals surface area (Å²) in [7, 11) is 0. The molecule has 1 aromatic carbocycles. The van der Waals surface area contributed by atoms with Gasteiger partial charge in [0.05, 0.1) is 12.2 Å². The first-order valence-corrected chi connectivity index (χ1v) is 9.33. The summed E-state index contributed by atoms with van der Waals surface area (Å²) in [5, 5.41) is 12.5. The number of anilines is 1. The Balaban J connectivity index is 1.55. The van der Waals surface area contributed by atoms with Crippen LogP contribution in [0.1, 0.15) is 0 Å². The molecule has 128 valence electrons. The van der Waals surface area contributed by atoms with Gasteiger partial charge in [-0.1, -0.05) is 23.7 Å². The van der Waals surface area contributed by atoms with E-state index >= 15 is 0 Å². The third-order valence-corrected chi connectivity index (χ3v) is 5.77. The summed E-state index contributed by atoms with van der Waals surface area (Å²) in [6.45, 7) is 3.35. The van der Waals surface area contributed by atoms with Crippen molar-refractivity contribution in [2.75, 3.05) is 37.6 Å². The molecule has 1 amide bonds. The maximum atomic E-state index is 12.9. The first kappa shape index (κ1) is 16.3. The Morgan fingerprint density at radius 2 is 1.96 bits per heavy atom. The van der Waals surface area contributed by atoms with Gasteiger partial charge in [0.25, 0.3) is 0 Å². The van der Waals surface area contributed by atoms with Crippen molar-refractivity contribution in [3.63, 3.8) is 0 Å². The van der Waals surface area contributed by atoms with E-state index in [1.165, 1.54) is 11.3 Å². The molecule has 2 aliphatic heterocycles. The quantitative estimate of drug-likeness (QED) is 0.756. The third-order valence-electron chi connectivity index (χ3n) is 4.66. The van der Waals surface area contributed by atoms with Crippen molar-refractivity contribution in [2.45, 2.75) is 6.04 Å². The minimum absolute atomic E-state index is 0.0307. The fourth-order valence-electron chi connectivity index (χ4n) is 3.26. The molecule has 1 aromatic heterocycles. The Bertz CT molecular complexity index is 830. The molecular formula is C17H16ClN5OS. The lowest BCUT2D eigenvalue weighted by Crippen LogP contribution is -2.64. The number of piperazine rings is 2. The molecule has 0 aliphatic carbocycles. The summed E-state index contributed by atoms with van der Waals surface area (Å²) in [6, 6.07) is 7.25. The normalized spacial score (nSPS) is 21.1. The molecule has 0 saturated carbocycles. The van der Waals surface area contributed by atoms with Gasteiger partial charge in [-0.3, -0.25) is 14.6 Å². The van der Waals surface area contributed by atoms with Gasteiger partial charge in [-0.05, 0) is 12.1 Å². The Morgan fingerprint density at radius 1 is 1.20 bits per heavy atom. The van der Waals surface area contributed by atoms with Gasteiger partial charge in [0, 0.05) is 42.1 Å². The average Bonchev–Trinajstić information content (AvgIpc) is 3.12. The molecule has 3 heterocycles. The fraction of sp³-hybridized carbons (Fsp3) is 0.353. The van der Waals surface area contributed by atoms with E-state index in [1.807, 2.05) is 29.6 Å². The highest BCUT2D eigenvalue weighted by Gasteiger charge is 2.39. The average molecular weight is 374 g/mol. The topological polar surface area (TPSA) is 63.5 Å². The second-order valence-corrected chi connectivity index (χ2v) is 7.38. The molecule has 2 aliphatic rings. The number of fused-ring (bicyclic) bond motifs is 1. The zero-order valence-corrected chi connectivity index (χ0v) is 15.0. The van der Waals surface area contributed by atoms with E-state index in [-0.39, 0.29) is 11.9 Å². The molecule has 0 N–H and O–H groups in total. The van der Waals surface area contributed by atoms with Crippen LogP contribution in [0.4, 0.5) is 5.13 Å². The smallest absolute Gasteiger partial charge is 0.248 e. The van der Waals surface area contributed by atoms with Crippen LogP contribution in [-0.4, -0.2) is 59.5 Å². The Kier molecular flexibility index (Phi) is 4.34. The van der Waals surface area contributed by atoms with E-state index in [0.717, 1.165) is 24.3 Å². The molecule has 2 aromatic rings. The number of thiazole rings is 1. The van der Waals surface area contributed by atoms with Gasteiger partial charge in [0.1, 0.15) is 6.04 Å². The van der Waals surface area contributed by atoms with E-state index < -0.39 is 0 Å². The number of aromatic nitrogens is 1. The molecule has 2 saturated heterocycles. The summed E-state index contributed by atoms with van der Waals surface area (Å²) >= 11 is 7.40. The van der Waals surface area contributed by atoms with E-state index in [0.29, 0.717) is 29.8 Å². The molecule has 0 bridgehead atoms. The van der Waals surface area contributed by atoms with Gasteiger partial charge in [-0.15, -0.1) is 11.3 Å². The lowest BCUT2D eigenvalue weighted by Gasteiger charge is -2.44. The van der Waals surface area contributed by atoms with Crippen LogP contribution in [0.15, 0.2) is 29.6 Å². The molecule has 25 heavy (non-hydrogen) atoms. The summed E-state index contributed by atoms with van der Waals surface area (Å²) in [4.78, 5) is 23.1. The number of hydrogen-bond donors (Lipinski definition) is 0. The van der Waals surface area contributed by atoms with Gasteiger partial charge in [-0.2, -0.15) is 5.26 Å². The highest BCUT2D eigenvalue weighted by molar-refractivity contribution is 7.14. The number of nitriles is 1. The highest BCUT2D eigenvalue weighted by Crippen LogP contribution is 2.30. The van der Waals surface area contributed by atoms with Crippen molar-refractivity contribution in [3.8, 4) is 17.5 Å². The molecule has 0 radical (unpaired) electrons. The van der Waals surface area contributed by atoms with E-state index in [1.54, 1.807) is 9.80 Å². The SMILES string of the molecule is N#CN1CCN2CCN(c3nc(-c4ccc(Cl)cc4)cs3)C(=O)[C@H]2C1. The number of rotatable bonds is 2. The molecule has 4 rings (SSSR count). The minimum Gasteiger partial charge on any atom is -0.307 e. The molecule has 1 atom stereocenters. The number of nitrogens with zero attached hydrogens (tertiary/aromatic N) is 5. The van der Waals surface area contributed by atoms with E-state index in [9.17, 15) is 4.79 Å². The molecule has 0 spiro atoms. The van der Waals surface area contributed by atoms with Crippen LogP contribution < -0.4 is 4.90 Å². The van der Waals surface area contributed by atoms with Crippen LogP contribution >= 0.6 is 22.9 Å². The maximum absolute atomic E-state index is 12.9. The second kappa shape index (κ2) is 6.64. The predicted molar refractivity (Wildman–Crippen MR) is 97.5 cm³/mol. The van der Waals surface area contributed by atoms with E-state index in [2.05, 4.69) is 16.1 Å². The van der Waals surface area contributed by atoms with Gasteiger partial charge in [-0.25, -0.2) is 4.98 Å². The van der Waals surface area contributed by atoms with Crippen molar-refractivity contribution >= 4 is 34.0 Å². The second-order valence-electron chi connectivity index (χ2n) is 6.11. The zero-order valence-electron chi connectivity index (χ0n) is 13.4. The standard InChI is InChI=1S/C17H16ClN5OS/c18-13-3-1-12(2-4-13)14-10-25-17(20-14)23-8-7-22-6-5-21(11-19)9-15(22)16(23)24/h1-4,10,15H,5-9H2/t15-/m1/s1. The predicted octanol–water partition coefficient (Wildman–Crippen LogP) is 2.28. The number of carbonyl (C=O) groups excluding carboxylic acids is 1. The lowest BCUT2D eigenvalue weighted by molar-refractivity contribution is -0.127. The van der Waals surface area contributed by atoms with Crippen molar-refractivity contribution in [3.05, 3.63) is 34.7 Å². The Labute approximate surface area is 154 Å². The van der Waals surface area contributed by atoms with Crippen molar-refractivity contribution in [2.24, 2.45) is 0 Å². The Morgan fingerprint density at radius 3 is 2.72 bits per heavy atom. The first-order chi connectivity index (χ1) is 12.2. The number of halogens is 1. The first-order valence-electron chi connectivity index (χ1n) is 8.07.